The Bertz CT molecular complexity index is 1570. The number of methoxy groups -OCH3 is 1. The highest BCUT2D eigenvalue weighted by Gasteiger charge is 2.21. The molecule has 3 N–H and O–H groups in total. The normalized spacial score (nSPS) is 13.5. The molecule has 1 fully saturated rings. The summed E-state index contributed by atoms with van der Waals surface area (Å²) in [5.41, 5.74) is 5.73. The maximum Gasteiger partial charge on any atom is 0.329 e. The number of para-hydroxylation sites is 2. The summed E-state index contributed by atoms with van der Waals surface area (Å²) in [5.74, 6) is -1.49. The number of carbonyl (C=O) groups is 3. The van der Waals surface area contributed by atoms with Crippen molar-refractivity contribution in [1.82, 2.24) is 20.5 Å². The first kappa shape index (κ1) is 28.3. The highest BCUT2D eigenvalue weighted by atomic mass is 16.5. The Labute approximate surface area is 243 Å². The molecule has 3 aromatic carbocycles. The van der Waals surface area contributed by atoms with Crippen molar-refractivity contribution in [2.75, 3.05) is 12.4 Å². The van der Waals surface area contributed by atoms with Crippen LogP contribution < -0.4 is 20.8 Å². The predicted molar refractivity (Wildman–Crippen MR) is 161 cm³/mol. The zero-order valence-electron chi connectivity index (χ0n) is 23.2. The zero-order valence-corrected chi connectivity index (χ0v) is 23.2. The molecule has 0 saturated heterocycles. The van der Waals surface area contributed by atoms with Crippen LogP contribution in [0.15, 0.2) is 90.2 Å². The number of aromatic nitrogens is 2. The summed E-state index contributed by atoms with van der Waals surface area (Å²) >= 11 is 0. The molecule has 5 rings (SSSR count). The van der Waals surface area contributed by atoms with Crippen molar-refractivity contribution in [2.45, 2.75) is 38.1 Å². The number of rotatable bonds is 8. The first-order valence-electron chi connectivity index (χ1n) is 13.9. The van der Waals surface area contributed by atoms with Crippen LogP contribution in [0, 0.1) is 0 Å². The summed E-state index contributed by atoms with van der Waals surface area (Å²) < 4.78 is 6.97. The molecule has 0 atom stereocenters. The zero-order chi connectivity index (χ0) is 29.3. The van der Waals surface area contributed by atoms with Gasteiger partial charge in [0.15, 0.2) is 0 Å². The van der Waals surface area contributed by atoms with E-state index >= 15 is 0 Å². The molecule has 1 heterocycles. The van der Waals surface area contributed by atoms with E-state index in [-0.39, 0.29) is 17.6 Å². The van der Waals surface area contributed by atoms with Crippen LogP contribution in [0.25, 0.3) is 16.9 Å². The molecule has 1 saturated carbocycles. The van der Waals surface area contributed by atoms with E-state index in [4.69, 9.17) is 9.84 Å². The predicted octanol–water partition coefficient (Wildman–Crippen LogP) is 4.70. The van der Waals surface area contributed by atoms with Gasteiger partial charge in [-0.25, -0.2) is 10.1 Å². The standard InChI is InChI=1S/C32H32N6O4/c1-42-26-18-16-22(17-19-26)29-23(21-38(37-29)25-12-6-3-7-13-25)20-33-36-32(41)31(40)35-28-15-9-8-14-27(28)30(39)34-24-10-4-2-5-11-24/h3,6-9,12-21,24H,2,4-5,10-11H2,1H3,(H,34,39)(H,35,40)(H,36,41). The lowest BCUT2D eigenvalue weighted by Gasteiger charge is -2.23. The van der Waals surface area contributed by atoms with Gasteiger partial charge in [0.25, 0.3) is 5.91 Å². The van der Waals surface area contributed by atoms with E-state index in [9.17, 15) is 14.4 Å². The molecule has 4 aromatic rings. The van der Waals surface area contributed by atoms with Gasteiger partial charge in [0.1, 0.15) is 11.4 Å². The van der Waals surface area contributed by atoms with Gasteiger partial charge in [0.2, 0.25) is 0 Å². The third-order valence-electron chi connectivity index (χ3n) is 7.06. The number of hydrazone groups is 1. The van der Waals surface area contributed by atoms with E-state index in [0.717, 1.165) is 36.9 Å². The Morgan fingerprint density at radius 3 is 2.36 bits per heavy atom. The van der Waals surface area contributed by atoms with Crippen LogP contribution in [0.2, 0.25) is 0 Å². The molecule has 0 unspecified atom stereocenters. The molecule has 1 aromatic heterocycles. The first-order chi connectivity index (χ1) is 20.5. The van der Waals surface area contributed by atoms with E-state index in [0.29, 0.717) is 22.6 Å². The Morgan fingerprint density at radius 2 is 1.62 bits per heavy atom. The minimum atomic E-state index is -0.977. The number of nitrogens with one attached hydrogen (secondary N) is 3. The van der Waals surface area contributed by atoms with Crippen LogP contribution in [0.3, 0.4) is 0 Å². The van der Waals surface area contributed by atoms with E-state index in [1.807, 2.05) is 54.6 Å². The topological polar surface area (TPSA) is 127 Å². The van der Waals surface area contributed by atoms with Crippen LogP contribution in [0.5, 0.6) is 5.75 Å². The summed E-state index contributed by atoms with van der Waals surface area (Å²) in [4.78, 5) is 38.2. The van der Waals surface area contributed by atoms with Gasteiger partial charge in [0, 0.05) is 23.4 Å². The number of carbonyl (C=O) groups excluding carboxylic acids is 3. The van der Waals surface area contributed by atoms with Crippen molar-refractivity contribution in [1.29, 1.82) is 0 Å². The highest BCUT2D eigenvalue weighted by molar-refractivity contribution is 6.40. The maximum atomic E-state index is 12.9. The summed E-state index contributed by atoms with van der Waals surface area (Å²) in [7, 11) is 1.60. The summed E-state index contributed by atoms with van der Waals surface area (Å²) in [5, 5.41) is 14.3. The molecule has 10 heteroatoms. The van der Waals surface area contributed by atoms with Crippen molar-refractivity contribution in [3.8, 4) is 22.7 Å². The molecule has 3 amide bonds. The molecule has 0 spiro atoms. The fraction of sp³-hybridized carbons (Fsp3) is 0.219. The van der Waals surface area contributed by atoms with E-state index in [2.05, 4.69) is 21.2 Å². The second-order valence-electron chi connectivity index (χ2n) is 9.95. The SMILES string of the molecule is COc1ccc(-c2nn(-c3ccccc3)cc2C=NNC(=O)C(=O)Nc2ccccc2C(=O)NC2CCCCC2)cc1. The second kappa shape index (κ2) is 13.4. The largest absolute Gasteiger partial charge is 0.497 e. The Morgan fingerprint density at radius 1 is 0.905 bits per heavy atom. The molecule has 0 radical (unpaired) electrons. The molecular formula is C32H32N6O4. The average Bonchev–Trinajstić information content (AvgIpc) is 3.46. The van der Waals surface area contributed by atoms with E-state index in [1.165, 1.54) is 12.6 Å². The molecule has 214 valence electrons. The van der Waals surface area contributed by atoms with Crippen LogP contribution in [-0.4, -0.2) is 46.9 Å². The van der Waals surface area contributed by atoms with Crippen molar-refractivity contribution in [3.05, 3.63) is 96.2 Å². The lowest BCUT2D eigenvalue weighted by Crippen LogP contribution is -2.37. The Kier molecular flexibility index (Phi) is 9.03. The van der Waals surface area contributed by atoms with Crippen LogP contribution >= 0.6 is 0 Å². The highest BCUT2D eigenvalue weighted by Crippen LogP contribution is 2.25. The fourth-order valence-electron chi connectivity index (χ4n) is 4.86. The van der Waals surface area contributed by atoms with Crippen LogP contribution in [-0.2, 0) is 9.59 Å². The first-order valence-corrected chi connectivity index (χ1v) is 13.9. The molecule has 1 aliphatic carbocycles. The third kappa shape index (κ3) is 6.90. The number of nitrogens with zero attached hydrogens (tertiary/aromatic N) is 3. The minimum absolute atomic E-state index is 0.113. The molecule has 1 aliphatic rings. The van der Waals surface area contributed by atoms with Gasteiger partial charge in [0.05, 0.1) is 30.3 Å². The molecule has 0 aliphatic heterocycles. The maximum absolute atomic E-state index is 12.9. The summed E-state index contributed by atoms with van der Waals surface area (Å²) in [6, 6.07) is 23.7. The van der Waals surface area contributed by atoms with E-state index < -0.39 is 11.8 Å². The van der Waals surface area contributed by atoms with Crippen molar-refractivity contribution >= 4 is 29.6 Å². The smallest absolute Gasteiger partial charge is 0.329 e. The number of hydrogen-bond donors (Lipinski definition) is 3. The van der Waals surface area contributed by atoms with Gasteiger partial charge < -0.3 is 15.4 Å². The second-order valence-corrected chi connectivity index (χ2v) is 9.95. The molecular weight excluding hydrogens is 532 g/mol. The number of benzene rings is 3. The lowest BCUT2D eigenvalue weighted by molar-refractivity contribution is -0.136. The van der Waals surface area contributed by atoms with Gasteiger partial charge in [-0.3, -0.25) is 14.4 Å². The molecule has 10 nitrogen and oxygen atoms in total. The Balaban J connectivity index is 1.28. The van der Waals surface area contributed by atoms with Crippen LogP contribution in [0.4, 0.5) is 5.69 Å². The van der Waals surface area contributed by atoms with Crippen molar-refractivity contribution in [2.24, 2.45) is 5.10 Å². The van der Waals surface area contributed by atoms with Gasteiger partial charge >= 0.3 is 11.8 Å². The lowest BCUT2D eigenvalue weighted by atomic mass is 9.95. The van der Waals surface area contributed by atoms with Gasteiger partial charge in [-0.15, -0.1) is 0 Å². The third-order valence-corrected chi connectivity index (χ3v) is 7.06. The number of amides is 3. The summed E-state index contributed by atoms with van der Waals surface area (Å²) in [6.45, 7) is 0. The summed E-state index contributed by atoms with van der Waals surface area (Å²) in [6.07, 6.45) is 8.43. The van der Waals surface area contributed by atoms with Gasteiger partial charge in [-0.1, -0.05) is 49.6 Å². The number of anilines is 1. The number of ether oxygens (including phenoxy) is 1. The fourth-order valence-corrected chi connectivity index (χ4v) is 4.86. The van der Waals surface area contributed by atoms with Gasteiger partial charge in [-0.05, 0) is 61.4 Å². The van der Waals surface area contributed by atoms with Crippen LogP contribution in [0.1, 0.15) is 48.0 Å². The van der Waals surface area contributed by atoms with Gasteiger partial charge in [-0.2, -0.15) is 10.2 Å². The number of hydrogen-bond acceptors (Lipinski definition) is 6. The molecule has 0 bridgehead atoms. The van der Waals surface area contributed by atoms with Crippen molar-refractivity contribution in [3.63, 3.8) is 0 Å². The molecule has 42 heavy (non-hydrogen) atoms. The quantitative estimate of drug-likeness (QED) is 0.162. The Hall–Kier alpha value is -5.25. The van der Waals surface area contributed by atoms with E-state index in [1.54, 1.807) is 42.3 Å². The van der Waals surface area contributed by atoms with Crippen molar-refractivity contribution < 1.29 is 19.1 Å². The monoisotopic (exact) mass is 564 g/mol. The average molecular weight is 565 g/mol. The minimum Gasteiger partial charge on any atom is -0.497 e.